The zero-order valence-corrected chi connectivity index (χ0v) is 22.4. The van der Waals surface area contributed by atoms with Crippen LogP contribution in [0.2, 0.25) is 0 Å². The topological polar surface area (TPSA) is 77.8 Å². The highest BCUT2D eigenvalue weighted by molar-refractivity contribution is 5.76. The van der Waals surface area contributed by atoms with Crippen molar-refractivity contribution < 1.29 is 20.1 Å². The molecule has 4 nitrogen and oxygen atoms in total. The summed E-state index contributed by atoms with van der Waals surface area (Å²) < 4.78 is 0. The van der Waals surface area contributed by atoms with Gasteiger partial charge in [0.05, 0.1) is 18.1 Å². The third-order valence-corrected chi connectivity index (χ3v) is 13.0. The average molecular weight is 473 g/mol. The molecule has 192 valence electrons. The van der Waals surface area contributed by atoms with E-state index < -0.39 is 11.4 Å². The number of aliphatic carboxylic acids is 1. The van der Waals surface area contributed by atoms with Crippen LogP contribution in [0.5, 0.6) is 0 Å². The lowest BCUT2D eigenvalue weighted by atomic mass is 9.33. The molecule has 4 saturated carbocycles. The van der Waals surface area contributed by atoms with Crippen molar-refractivity contribution in [3.8, 4) is 0 Å². The van der Waals surface area contributed by atoms with Crippen molar-refractivity contribution in [1.82, 2.24) is 0 Å². The Morgan fingerprint density at radius 3 is 2.26 bits per heavy atom. The van der Waals surface area contributed by atoms with Gasteiger partial charge in [-0.25, -0.2) is 0 Å². The molecule has 0 bridgehead atoms. The second kappa shape index (κ2) is 7.34. The quantitative estimate of drug-likeness (QED) is 0.418. The number of carboxylic acid groups (broad SMARTS) is 1. The number of carbonyl (C=O) groups is 1. The van der Waals surface area contributed by atoms with Crippen molar-refractivity contribution in [2.45, 2.75) is 112 Å². The Balaban J connectivity index is 1.63. The second-order valence-electron chi connectivity index (χ2n) is 15.0. The predicted molar refractivity (Wildman–Crippen MR) is 134 cm³/mol. The van der Waals surface area contributed by atoms with Crippen molar-refractivity contribution in [2.75, 3.05) is 6.61 Å². The second-order valence-corrected chi connectivity index (χ2v) is 15.0. The van der Waals surface area contributed by atoms with Gasteiger partial charge in [-0.05, 0) is 104 Å². The summed E-state index contributed by atoms with van der Waals surface area (Å²) in [7, 11) is 0. The Morgan fingerprint density at radius 1 is 0.941 bits per heavy atom. The summed E-state index contributed by atoms with van der Waals surface area (Å²) in [5.41, 5.74) is 0.446. The molecule has 4 fully saturated rings. The SMILES string of the molecule is CC1(C)CC[C@]2(C(=O)O)CC[C@]3(CO)C(=CC[C@@H]4[C@@]5(C)CC[C@H](O)C(C)(C)C5CC[C@]43C)[C@H]2C1. The van der Waals surface area contributed by atoms with Crippen molar-refractivity contribution in [2.24, 2.45) is 50.2 Å². The largest absolute Gasteiger partial charge is 0.481 e. The van der Waals surface area contributed by atoms with E-state index in [9.17, 15) is 20.1 Å². The van der Waals surface area contributed by atoms with Gasteiger partial charge in [0, 0.05) is 5.41 Å². The first kappa shape index (κ1) is 24.8. The highest BCUT2D eigenvalue weighted by atomic mass is 16.4. The van der Waals surface area contributed by atoms with Crippen LogP contribution in [0, 0.1) is 50.2 Å². The molecule has 0 amide bonds. The van der Waals surface area contributed by atoms with E-state index in [0.29, 0.717) is 18.3 Å². The van der Waals surface area contributed by atoms with Gasteiger partial charge in [0.2, 0.25) is 0 Å². The summed E-state index contributed by atoms with van der Waals surface area (Å²) in [5.74, 6) is 0.340. The molecule has 0 radical (unpaired) electrons. The number of hydrogen-bond donors (Lipinski definition) is 3. The number of carboxylic acids is 1. The van der Waals surface area contributed by atoms with Crippen molar-refractivity contribution >= 4 is 5.97 Å². The van der Waals surface area contributed by atoms with E-state index in [0.717, 1.165) is 57.8 Å². The minimum atomic E-state index is -0.665. The Morgan fingerprint density at radius 2 is 1.62 bits per heavy atom. The molecule has 0 aromatic heterocycles. The predicted octanol–water partition coefficient (Wildman–Crippen LogP) is 6.21. The molecule has 0 saturated heterocycles. The van der Waals surface area contributed by atoms with Gasteiger partial charge >= 0.3 is 5.97 Å². The number of aliphatic hydroxyl groups is 2. The van der Waals surface area contributed by atoms with Crippen LogP contribution in [0.1, 0.15) is 106 Å². The van der Waals surface area contributed by atoms with Gasteiger partial charge in [0.1, 0.15) is 0 Å². The van der Waals surface area contributed by atoms with Gasteiger partial charge < -0.3 is 15.3 Å². The Bertz CT molecular complexity index is 903. The molecule has 5 aliphatic rings. The minimum absolute atomic E-state index is 0.0302. The molecule has 3 N–H and O–H groups in total. The molecule has 5 aliphatic carbocycles. The standard InChI is InChI=1S/C30H48O4/c1-25(2)13-14-29(24(33)34)15-16-30(18-31)19(20(29)17-25)7-8-22-27(5)11-10-23(32)26(3,4)21(27)9-12-28(22,30)6/h7,20-23,31-32H,8-18H2,1-6H3,(H,33,34)/t20-,21?,22-,23+,27+,28-,29+,30+/m1/s1. The van der Waals surface area contributed by atoms with Crippen LogP contribution in [-0.2, 0) is 4.79 Å². The zero-order chi connectivity index (χ0) is 24.9. The molecule has 0 spiro atoms. The smallest absolute Gasteiger partial charge is 0.310 e. The van der Waals surface area contributed by atoms with Gasteiger partial charge in [-0.15, -0.1) is 0 Å². The van der Waals surface area contributed by atoms with E-state index in [1.165, 1.54) is 5.57 Å². The summed E-state index contributed by atoms with van der Waals surface area (Å²) in [6.45, 7) is 14.2. The maximum Gasteiger partial charge on any atom is 0.310 e. The first-order valence-electron chi connectivity index (χ1n) is 13.9. The van der Waals surface area contributed by atoms with E-state index in [4.69, 9.17) is 0 Å². The lowest BCUT2D eigenvalue weighted by molar-refractivity contribution is -0.214. The summed E-state index contributed by atoms with van der Waals surface area (Å²) >= 11 is 0. The monoisotopic (exact) mass is 472 g/mol. The van der Waals surface area contributed by atoms with Crippen LogP contribution < -0.4 is 0 Å². The van der Waals surface area contributed by atoms with Gasteiger partial charge in [-0.2, -0.15) is 0 Å². The van der Waals surface area contributed by atoms with Crippen LogP contribution in [0.15, 0.2) is 11.6 Å². The number of allylic oxidation sites excluding steroid dienone is 1. The van der Waals surface area contributed by atoms with Crippen LogP contribution >= 0.6 is 0 Å². The van der Waals surface area contributed by atoms with E-state index in [1.54, 1.807) is 0 Å². The number of aliphatic hydroxyl groups excluding tert-OH is 2. The Labute approximate surface area is 206 Å². The van der Waals surface area contributed by atoms with Crippen LogP contribution in [0.3, 0.4) is 0 Å². The molecule has 34 heavy (non-hydrogen) atoms. The van der Waals surface area contributed by atoms with E-state index in [-0.39, 0.29) is 45.7 Å². The fourth-order valence-electron chi connectivity index (χ4n) is 10.8. The van der Waals surface area contributed by atoms with Crippen molar-refractivity contribution in [1.29, 1.82) is 0 Å². The molecular formula is C30H48O4. The van der Waals surface area contributed by atoms with Crippen LogP contribution in [0.25, 0.3) is 0 Å². The molecule has 0 heterocycles. The molecule has 1 unspecified atom stereocenters. The molecule has 0 aliphatic heterocycles. The molecule has 8 atom stereocenters. The Kier molecular flexibility index (Phi) is 5.36. The summed E-state index contributed by atoms with van der Waals surface area (Å²) in [6.07, 6.45) is 11.3. The van der Waals surface area contributed by atoms with Gasteiger partial charge in [-0.1, -0.05) is 53.2 Å². The number of hydrogen-bond acceptors (Lipinski definition) is 3. The third-order valence-electron chi connectivity index (χ3n) is 13.0. The summed E-state index contributed by atoms with van der Waals surface area (Å²) in [6, 6.07) is 0. The zero-order valence-electron chi connectivity index (χ0n) is 22.4. The van der Waals surface area contributed by atoms with E-state index in [1.807, 2.05) is 0 Å². The van der Waals surface area contributed by atoms with E-state index >= 15 is 0 Å². The molecule has 0 aromatic rings. The highest BCUT2D eigenvalue weighted by Crippen LogP contribution is 2.75. The normalized spacial score (nSPS) is 51.2. The van der Waals surface area contributed by atoms with Gasteiger partial charge in [0.15, 0.2) is 0 Å². The number of fused-ring (bicyclic) bond motifs is 7. The third kappa shape index (κ3) is 2.88. The lowest BCUT2D eigenvalue weighted by Gasteiger charge is -2.71. The van der Waals surface area contributed by atoms with Gasteiger partial charge in [-0.3, -0.25) is 4.79 Å². The molecule has 5 rings (SSSR count). The lowest BCUT2D eigenvalue weighted by Crippen LogP contribution is -2.66. The maximum atomic E-state index is 12.8. The molecular weight excluding hydrogens is 424 g/mol. The van der Waals surface area contributed by atoms with E-state index in [2.05, 4.69) is 47.6 Å². The van der Waals surface area contributed by atoms with Crippen molar-refractivity contribution in [3.63, 3.8) is 0 Å². The maximum absolute atomic E-state index is 12.8. The molecule has 0 aromatic carbocycles. The highest BCUT2D eigenvalue weighted by Gasteiger charge is 2.70. The van der Waals surface area contributed by atoms with Gasteiger partial charge in [0.25, 0.3) is 0 Å². The number of rotatable bonds is 2. The average Bonchev–Trinajstić information content (AvgIpc) is 2.75. The van der Waals surface area contributed by atoms with Crippen LogP contribution in [0.4, 0.5) is 0 Å². The summed E-state index contributed by atoms with van der Waals surface area (Å²) in [5, 5.41) is 32.6. The van der Waals surface area contributed by atoms with Crippen molar-refractivity contribution in [3.05, 3.63) is 11.6 Å². The summed E-state index contributed by atoms with van der Waals surface area (Å²) in [4.78, 5) is 12.8. The minimum Gasteiger partial charge on any atom is -0.481 e. The van der Waals surface area contributed by atoms with Crippen LogP contribution in [-0.4, -0.2) is 34.0 Å². The fraction of sp³-hybridized carbons (Fsp3) is 0.900. The first-order chi connectivity index (χ1) is 15.7. The Hall–Kier alpha value is -0.870. The molecule has 4 heteroatoms. The first-order valence-corrected chi connectivity index (χ1v) is 13.9. The fourth-order valence-corrected chi connectivity index (χ4v) is 10.8.